The Morgan fingerprint density at radius 1 is 1.47 bits per heavy atom. The van der Waals surface area contributed by atoms with Gasteiger partial charge in [0.25, 0.3) is 0 Å². The van der Waals surface area contributed by atoms with Crippen LogP contribution in [0.1, 0.15) is 24.1 Å². The molecule has 1 aromatic carbocycles. The van der Waals surface area contributed by atoms with Crippen molar-refractivity contribution in [3.8, 4) is 0 Å². The smallest absolute Gasteiger partial charge is 0.134 e. The van der Waals surface area contributed by atoms with Crippen molar-refractivity contribution in [1.29, 1.82) is 0 Å². The Morgan fingerprint density at radius 2 is 2.07 bits per heavy atom. The third-order valence-electron chi connectivity index (χ3n) is 2.27. The SMILES string of the molecule is C=C(C)C(NN)c1c(F)ccc(C)c1F. The first kappa shape index (κ1) is 11.8. The topological polar surface area (TPSA) is 38.0 Å². The molecule has 0 saturated carbocycles. The van der Waals surface area contributed by atoms with E-state index in [-0.39, 0.29) is 5.56 Å². The van der Waals surface area contributed by atoms with Gasteiger partial charge in [0.1, 0.15) is 11.6 Å². The second-order valence-electron chi connectivity index (χ2n) is 3.54. The van der Waals surface area contributed by atoms with E-state index in [0.29, 0.717) is 11.1 Å². The van der Waals surface area contributed by atoms with E-state index in [0.717, 1.165) is 0 Å². The predicted molar refractivity (Wildman–Crippen MR) is 56.0 cm³/mol. The zero-order chi connectivity index (χ0) is 11.6. The largest absolute Gasteiger partial charge is 0.271 e. The van der Waals surface area contributed by atoms with Crippen molar-refractivity contribution < 1.29 is 8.78 Å². The number of aryl methyl sites for hydroxylation is 1. The third kappa shape index (κ3) is 2.22. The molecule has 0 heterocycles. The predicted octanol–water partition coefficient (Wildman–Crippen LogP) is 2.35. The number of nitrogens with two attached hydrogens (primary N) is 1. The van der Waals surface area contributed by atoms with Crippen molar-refractivity contribution in [3.05, 3.63) is 47.0 Å². The summed E-state index contributed by atoms with van der Waals surface area (Å²) in [5.74, 6) is 4.05. The Hall–Kier alpha value is -1.26. The van der Waals surface area contributed by atoms with Crippen molar-refractivity contribution in [2.45, 2.75) is 19.9 Å². The molecule has 0 aromatic heterocycles. The van der Waals surface area contributed by atoms with Gasteiger partial charge in [-0.2, -0.15) is 0 Å². The number of hydrogen-bond acceptors (Lipinski definition) is 2. The summed E-state index contributed by atoms with van der Waals surface area (Å²) in [4.78, 5) is 0. The fourth-order valence-electron chi connectivity index (χ4n) is 1.41. The molecule has 1 aromatic rings. The van der Waals surface area contributed by atoms with Gasteiger partial charge in [0.15, 0.2) is 0 Å². The fraction of sp³-hybridized carbons (Fsp3) is 0.273. The van der Waals surface area contributed by atoms with Crippen LogP contribution in [0.5, 0.6) is 0 Å². The van der Waals surface area contributed by atoms with Crippen molar-refractivity contribution in [2.24, 2.45) is 5.84 Å². The molecule has 15 heavy (non-hydrogen) atoms. The number of halogens is 2. The molecule has 0 bridgehead atoms. The molecule has 82 valence electrons. The maximum Gasteiger partial charge on any atom is 0.134 e. The van der Waals surface area contributed by atoms with Crippen LogP contribution in [0.25, 0.3) is 0 Å². The van der Waals surface area contributed by atoms with Gasteiger partial charge in [-0.15, -0.1) is 0 Å². The molecule has 3 N–H and O–H groups in total. The van der Waals surface area contributed by atoms with Crippen molar-refractivity contribution in [3.63, 3.8) is 0 Å². The summed E-state index contributed by atoms with van der Waals surface area (Å²) in [6, 6.07) is 1.91. The average molecular weight is 212 g/mol. The molecular formula is C11H14F2N2. The zero-order valence-electron chi connectivity index (χ0n) is 8.77. The van der Waals surface area contributed by atoms with E-state index in [1.807, 2.05) is 0 Å². The summed E-state index contributed by atoms with van der Waals surface area (Å²) in [7, 11) is 0. The van der Waals surface area contributed by atoms with E-state index in [2.05, 4.69) is 12.0 Å². The van der Waals surface area contributed by atoms with Crippen LogP contribution in [0.2, 0.25) is 0 Å². The number of nitrogens with one attached hydrogen (secondary N) is 1. The first-order valence-corrected chi connectivity index (χ1v) is 4.55. The molecule has 0 aliphatic heterocycles. The molecule has 0 amide bonds. The van der Waals surface area contributed by atoms with Gasteiger partial charge in [0.2, 0.25) is 0 Å². The summed E-state index contributed by atoms with van der Waals surface area (Å²) >= 11 is 0. The first-order chi connectivity index (χ1) is 6.99. The summed E-state index contributed by atoms with van der Waals surface area (Å²) in [5, 5.41) is 0. The Balaban J connectivity index is 3.34. The van der Waals surface area contributed by atoms with E-state index in [1.165, 1.54) is 12.1 Å². The maximum absolute atomic E-state index is 13.7. The third-order valence-corrected chi connectivity index (χ3v) is 2.27. The summed E-state index contributed by atoms with van der Waals surface area (Å²) in [5.41, 5.74) is 3.21. The Kier molecular flexibility index (Phi) is 3.55. The molecule has 2 nitrogen and oxygen atoms in total. The van der Waals surface area contributed by atoms with Crippen LogP contribution < -0.4 is 11.3 Å². The highest BCUT2D eigenvalue weighted by Crippen LogP contribution is 2.26. The zero-order valence-corrected chi connectivity index (χ0v) is 8.77. The summed E-state index contributed by atoms with van der Waals surface area (Å²) < 4.78 is 27.1. The second kappa shape index (κ2) is 4.51. The summed E-state index contributed by atoms with van der Waals surface area (Å²) in [6.07, 6.45) is 0. The lowest BCUT2D eigenvalue weighted by Crippen LogP contribution is -2.30. The number of benzene rings is 1. The molecule has 1 unspecified atom stereocenters. The highest BCUT2D eigenvalue weighted by molar-refractivity contribution is 5.33. The van der Waals surface area contributed by atoms with E-state index < -0.39 is 17.7 Å². The van der Waals surface area contributed by atoms with E-state index in [4.69, 9.17) is 5.84 Å². The molecule has 0 radical (unpaired) electrons. The van der Waals surface area contributed by atoms with Gasteiger partial charge in [-0.3, -0.25) is 5.84 Å². The Labute approximate surface area is 87.8 Å². The Bertz CT molecular complexity index is 388. The van der Waals surface area contributed by atoms with Crippen molar-refractivity contribution in [2.75, 3.05) is 0 Å². The van der Waals surface area contributed by atoms with Gasteiger partial charge < -0.3 is 0 Å². The molecule has 4 heteroatoms. The first-order valence-electron chi connectivity index (χ1n) is 4.55. The number of hydrogen-bond donors (Lipinski definition) is 2. The maximum atomic E-state index is 13.7. The van der Waals surface area contributed by atoms with Gasteiger partial charge >= 0.3 is 0 Å². The van der Waals surface area contributed by atoms with Crippen LogP contribution >= 0.6 is 0 Å². The van der Waals surface area contributed by atoms with Crippen LogP contribution in [-0.2, 0) is 0 Å². The standard InChI is InChI=1S/C11H14F2N2/c1-6(2)11(15-14)9-8(12)5-4-7(3)10(9)13/h4-5,11,15H,1,14H2,2-3H3. The highest BCUT2D eigenvalue weighted by Gasteiger charge is 2.20. The van der Waals surface area contributed by atoms with Crippen molar-refractivity contribution in [1.82, 2.24) is 5.43 Å². The molecule has 1 atom stereocenters. The second-order valence-corrected chi connectivity index (χ2v) is 3.54. The van der Waals surface area contributed by atoms with Gasteiger partial charge in [-0.1, -0.05) is 18.2 Å². The van der Waals surface area contributed by atoms with Gasteiger partial charge in [-0.05, 0) is 25.5 Å². The van der Waals surface area contributed by atoms with Gasteiger partial charge in [-0.25, -0.2) is 14.2 Å². The molecule has 1 rings (SSSR count). The Morgan fingerprint density at radius 3 is 2.53 bits per heavy atom. The molecule has 0 spiro atoms. The fourth-order valence-corrected chi connectivity index (χ4v) is 1.41. The van der Waals surface area contributed by atoms with E-state index >= 15 is 0 Å². The quantitative estimate of drug-likeness (QED) is 0.458. The molecule has 0 saturated heterocycles. The van der Waals surface area contributed by atoms with Crippen LogP contribution in [0.4, 0.5) is 8.78 Å². The van der Waals surface area contributed by atoms with Gasteiger partial charge in [0.05, 0.1) is 6.04 Å². The lowest BCUT2D eigenvalue weighted by atomic mass is 9.98. The summed E-state index contributed by atoms with van der Waals surface area (Å²) in [6.45, 7) is 6.87. The number of hydrazine groups is 1. The minimum atomic E-state index is -0.704. The van der Waals surface area contributed by atoms with Crippen molar-refractivity contribution >= 4 is 0 Å². The highest BCUT2D eigenvalue weighted by atomic mass is 19.1. The molecular weight excluding hydrogens is 198 g/mol. The lowest BCUT2D eigenvalue weighted by molar-refractivity contribution is 0.503. The number of rotatable bonds is 3. The van der Waals surface area contributed by atoms with E-state index in [1.54, 1.807) is 13.8 Å². The molecule has 0 aliphatic carbocycles. The minimum absolute atomic E-state index is 0.0787. The molecule has 0 aliphatic rings. The monoisotopic (exact) mass is 212 g/mol. The van der Waals surface area contributed by atoms with Crippen LogP contribution in [0, 0.1) is 18.6 Å². The molecule has 0 fully saturated rings. The minimum Gasteiger partial charge on any atom is -0.271 e. The van der Waals surface area contributed by atoms with Gasteiger partial charge in [0, 0.05) is 5.56 Å². The van der Waals surface area contributed by atoms with Crippen LogP contribution in [0.3, 0.4) is 0 Å². The van der Waals surface area contributed by atoms with E-state index in [9.17, 15) is 8.78 Å². The van der Waals surface area contributed by atoms with Crippen LogP contribution in [0.15, 0.2) is 24.3 Å². The lowest BCUT2D eigenvalue weighted by Gasteiger charge is -2.18. The normalized spacial score (nSPS) is 12.6. The van der Waals surface area contributed by atoms with Crippen LogP contribution in [-0.4, -0.2) is 0 Å². The average Bonchev–Trinajstić information content (AvgIpc) is 2.18.